The molecule has 3 rings (SSSR count). The third-order valence-electron chi connectivity index (χ3n) is 7.11. The van der Waals surface area contributed by atoms with Crippen molar-refractivity contribution in [3.05, 3.63) is 12.3 Å². The third-order valence-corrected chi connectivity index (χ3v) is 7.11. The van der Waals surface area contributed by atoms with E-state index in [1.807, 2.05) is 6.21 Å². The standard InChI is InChI=1S/C23H39N3O4/c1-17-22(28)15-20(25-12-10-24-16-25)21-13-18(9-11-26(17)21)7-5-3-2-4-6-8-19(27)14-23(29)30/h9-11,17-22,27-28H,2-8,12-16H2,1H3,(H,29,30). The highest BCUT2D eigenvalue weighted by Gasteiger charge is 2.43. The van der Waals surface area contributed by atoms with Gasteiger partial charge in [0, 0.05) is 24.8 Å². The highest BCUT2D eigenvalue weighted by Crippen LogP contribution is 2.36. The predicted octanol–water partition coefficient (Wildman–Crippen LogP) is 2.62. The van der Waals surface area contributed by atoms with Gasteiger partial charge >= 0.3 is 5.97 Å². The molecular formula is C23H39N3O4. The van der Waals surface area contributed by atoms with Crippen molar-refractivity contribution in [3.63, 3.8) is 0 Å². The van der Waals surface area contributed by atoms with Crippen LogP contribution in [-0.2, 0) is 4.79 Å². The first-order chi connectivity index (χ1) is 14.5. The molecule has 0 spiro atoms. The molecule has 0 aromatic rings. The second kappa shape index (κ2) is 11.3. The number of fused-ring (bicyclic) bond motifs is 1. The zero-order valence-corrected chi connectivity index (χ0v) is 18.3. The van der Waals surface area contributed by atoms with Crippen molar-refractivity contribution in [1.82, 2.24) is 9.80 Å². The van der Waals surface area contributed by atoms with Gasteiger partial charge in [-0.25, -0.2) is 0 Å². The summed E-state index contributed by atoms with van der Waals surface area (Å²) in [6.07, 6.45) is 14.7. The van der Waals surface area contributed by atoms with Crippen LogP contribution in [0.3, 0.4) is 0 Å². The number of hydrogen-bond acceptors (Lipinski definition) is 6. The number of rotatable bonds is 11. The second-order valence-corrected chi connectivity index (χ2v) is 9.34. The van der Waals surface area contributed by atoms with E-state index in [4.69, 9.17) is 5.11 Å². The Morgan fingerprint density at radius 1 is 1.17 bits per heavy atom. The highest BCUT2D eigenvalue weighted by molar-refractivity contribution is 5.67. The van der Waals surface area contributed by atoms with Gasteiger partial charge in [-0.3, -0.25) is 14.7 Å². The molecule has 3 aliphatic rings. The number of aliphatic imine (C=N–C) groups is 1. The van der Waals surface area contributed by atoms with Crippen molar-refractivity contribution in [2.24, 2.45) is 10.9 Å². The van der Waals surface area contributed by atoms with Crippen LogP contribution < -0.4 is 0 Å². The number of aliphatic hydroxyl groups excluding tert-OH is 2. The summed E-state index contributed by atoms with van der Waals surface area (Å²) in [5.41, 5.74) is 0. The lowest BCUT2D eigenvalue weighted by atomic mass is 9.80. The number of nitrogens with zero attached hydrogens (tertiary/aromatic N) is 3. The lowest BCUT2D eigenvalue weighted by Crippen LogP contribution is -2.62. The van der Waals surface area contributed by atoms with Crippen LogP contribution in [0.25, 0.3) is 0 Å². The molecule has 6 unspecified atom stereocenters. The van der Waals surface area contributed by atoms with Crippen LogP contribution in [0.5, 0.6) is 0 Å². The van der Waals surface area contributed by atoms with Crippen LogP contribution in [0.15, 0.2) is 17.3 Å². The van der Waals surface area contributed by atoms with Gasteiger partial charge in [0.2, 0.25) is 0 Å². The first-order valence-corrected chi connectivity index (χ1v) is 11.7. The van der Waals surface area contributed by atoms with E-state index in [2.05, 4.69) is 34.0 Å². The number of piperidine rings is 1. The number of aliphatic hydroxyl groups is 2. The zero-order chi connectivity index (χ0) is 21.5. The first kappa shape index (κ1) is 23.2. The molecule has 0 saturated carbocycles. The minimum absolute atomic E-state index is 0.146. The molecule has 30 heavy (non-hydrogen) atoms. The van der Waals surface area contributed by atoms with Gasteiger partial charge in [0.15, 0.2) is 0 Å². The monoisotopic (exact) mass is 421 g/mol. The van der Waals surface area contributed by atoms with Gasteiger partial charge in [-0.1, -0.05) is 38.2 Å². The molecule has 6 atom stereocenters. The van der Waals surface area contributed by atoms with Crippen LogP contribution in [0.2, 0.25) is 0 Å². The number of allylic oxidation sites excluding steroid dienone is 1. The van der Waals surface area contributed by atoms with Crippen LogP contribution in [0, 0.1) is 5.92 Å². The van der Waals surface area contributed by atoms with E-state index < -0.39 is 12.1 Å². The number of unbranched alkanes of at least 4 members (excludes halogenated alkanes) is 4. The lowest BCUT2D eigenvalue weighted by molar-refractivity contribution is -0.139. The Morgan fingerprint density at radius 3 is 2.67 bits per heavy atom. The topological polar surface area (TPSA) is 96.6 Å². The third kappa shape index (κ3) is 6.28. The van der Waals surface area contributed by atoms with Gasteiger partial charge in [-0.05, 0) is 44.7 Å². The van der Waals surface area contributed by atoms with Gasteiger partial charge < -0.3 is 20.2 Å². The summed E-state index contributed by atoms with van der Waals surface area (Å²) in [6, 6.07) is 0.989. The smallest absolute Gasteiger partial charge is 0.305 e. The van der Waals surface area contributed by atoms with Crippen LogP contribution in [0.4, 0.5) is 0 Å². The fourth-order valence-electron chi connectivity index (χ4n) is 5.29. The van der Waals surface area contributed by atoms with Gasteiger partial charge in [0.1, 0.15) is 0 Å². The number of carboxylic acid groups (broad SMARTS) is 1. The molecule has 7 nitrogen and oxygen atoms in total. The number of carboxylic acids is 1. The number of hydrogen-bond donors (Lipinski definition) is 3. The Hall–Kier alpha value is -1.44. The summed E-state index contributed by atoms with van der Waals surface area (Å²) in [5, 5.41) is 28.8. The SMILES string of the molecule is CC1C(O)CC(N2CC=NC2)C2CC(CCCCCCCC(O)CC(=O)O)C=CN12. The van der Waals surface area contributed by atoms with E-state index >= 15 is 0 Å². The molecule has 3 aliphatic heterocycles. The Kier molecular flexibility index (Phi) is 8.72. The largest absolute Gasteiger partial charge is 0.481 e. The van der Waals surface area contributed by atoms with Crippen molar-refractivity contribution >= 4 is 12.2 Å². The number of carbonyl (C=O) groups is 1. The Labute approximate surface area is 180 Å². The van der Waals surface area contributed by atoms with E-state index in [1.165, 1.54) is 19.3 Å². The second-order valence-electron chi connectivity index (χ2n) is 9.34. The Bertz CT molecular complexity index is 603. The van der Waals surface area contributed by atoms with Gasteiger partial charge in [-0.2, -0.15) is 0 Å². The maximum absolute atomic E-state index is 10.6. The average Bonchev–Trinajstić information content (AvgIpc) is 3.24. The van der Waals surface area contributed by atoms with Crippen LogP contribution in [0.1, 0.15) is 71.1 Å². The molecule has 7 heteroatoms. The average molecular weight is 422 g/mol. The molecule has 0 amide bonds. The fraction of sp³-hybridized carbons (Fsp3) is 0.826. The van der Waals surface area contributed by atoms with Crippen LogP contribution in [-0.4, -0.2) is 80.9 Å². The molecule has 1 fully saturated rings. The van der Waals surface area contributed by atoms with Crippen molar-refractivity contribution < 1.29 is 20.1 Å². The Morgan fingerprint density at radius 2 is 1.93 bits per heavy atom. The van der Waals surface area contributed by atoms with E-state index in [1.54, 1.807) is 0 Å². The fourth-order valence-corrected chi connectivity index (χ4v) is 5.29. The molecule has 0 bridgehead atoms. The molecule has 0 aromatic heterocycles. The molecule has 0 radical (unpaired) electrons. The summed E-state index contributed by atoms with van der Waals surface area (Å²) in [5.74, 6) is -0.333. The number of aliphatic carboxylic acids is 1. The van der Waals surface area contributed by atoms with Crippen molar-refractivity contribution in [3.8, 4) is 0 Å². The molecule has 0 aliphatic carbocycles. The lowest BCUT2D eigenvalue weighted by Gasteiger charge is -2.52. The van der Waals surface area contributed by atoms with Gasteiger partial charge in [0.05, 0.1) is 31.3 Å². The minimum Gasteiger partial charge on any atom is -0.481 e. The predicted molar refractivity (Wildman–Crippen MR) is 117 cm³/mol. The summed E-state index contributed by atoms with van der Waals surface area (Å²) in [7, 11) is 0. The van der Waals surface area contributed by atoms with Crippen molar-refractivity contribution in [2.45, 2.75) is 101 Å². The van der Waals surface area contributed by atoms with E-state index in [0.717, 1.165) is 45.3 Å². The van der Waals surface area contributed by atoms with Crippen molar-refractivity contribution in [2.75, 3.05) is 13.2 Å². The highest BCUT2D eigenvalue weighted by atomic mass is 16.4. The maximum Gasteiger partial charge on any atom is 0.305 e. The molecule has 3 heterocycles. The van der Waals surface area contributed by atoms with E-state index in [0.29, 0.717) is 24.4 Å². The summed E-state index contributed by atoms with van der Waals surface area (Å²) >= 11 is 0. The zero-order valence-electron chi connectivity index (χ0n) is 18.3. The van der Waals surface area contributed by atoms with Gasteiger partial charge in [0.25, 0.3) is 0 Å². The molecule has 170 valence electrons. The molecular weight excluding hydrogens is 382 g/mol. The van der Waals surface area contributed by atoms with Gasteiger partial charge in [-0.15, -0.1) is 0 Å². The minimum atomic E-state index is -0.928. The molecule has 3 N–H and O–H groups in total. The quantitative estimate of drug-likeness (QED) is 0.444. The summed E-state index contributed by atoms with van der Waals surface area (Å²) in [6.45, 7) is 3.78. The molecule has 0 aromatic carbocycles. The molecule has 1 saturated heterocycles. The van der Waals surface area contributed by atoms with Crippen LogP contribution >= 0.6 is 0 Å². The Balaban J connectivity index is 1.38. The van der Waals surface area contributed by atoms with Crippen molar-refractivity contribution in [1.29, 1.82) is 0 Å². The van der Waals surface area contributed by atoms with E-state index in [-0.39, 0.29) is 18.6 Å². The summed E-state index contributed by atoms with van der Waals surface area (Å²) in [4.78, 5) is 19.7. The normalized spacial score (nSPS) is 32.4. The van der Waals surface area contributed by atoms with E-state index in [9.17, 15) is 15.0 Å². The maximum atomic E-state index is 10.6. The first-order valence-electron chi connectivity index (χ1n) is 11.7. The summed E-state index contributed by atoms with van der Waals surface area (Å²) < 4.78 is 0.